The summed E-state index contributed by atoms with van der Waals surface area (Å²) < 4.78 is 5.97. The van der Waals surface area contributed by atoms with Gasteiger partial charge in [-0.25, -0.2) is 0 Å². The predicted octanol–water partition coefficient (Wildman–Crippen LogP) is 4.34. The molecule has 2 rings (SSSR count). The third-order valence-electron chi connectivity index (χ3n) is 3.74. The van der Waals surface area contributed by atoms with Crippen molar-refractivity contribution in [2.75, 3.05) is 6.61 Å². The minimum atomic E-state index is -0.275. The van der Waals surface area contributed by atoms with E-state index in [1.54, 1.807) is 12.1 Å². The molecule has 1 fully saturated rings. The largest absolute Gasteiger partial charge is 0.373 e. The molecule has 0 radical (unpaired) electrons. The number of benzene rings is 1. The van der Waals surface area contributed by atoms with E-state index in [-0.39, 0.29) is 11.6 Å². The van der Waals surface area contributed by atoms with E-state index >= 15 is 0 Å². The first kappa shape index (κ1) is 14.1. The van der Waals surface area contributed by atoms with E-state index in [1.807, 2.05) is 13.0 Å². The molecule has 4 heteroatoms. The Hall–Kier alpha value is -0.280. The number of hydrogen-bond acceptors (Lipinski definition) is 2. The fraction of sp³-hybridized carbons (Fsp3) is 0.571. The van der Waals surface area contributed by atoms with E-state index in [4.69, 9.17) is 33.7 Å². The lowest BCUT2D eigenvalue weighted by atomic mass is 9.87. The van der Waals surface area contributed by atoms with Crippen molar-refractivity contribution in [1.29, 1.82) is 0 Å². The quantitative estimate of drug-likeness (QED) is 0.894. The molecule has 1 aromatic carbocycles. The predicted molar refractivity (Wildman–Crippen MR) is 76.2 cm³/mol. The van der Waals surface area contributed by atoms with Crippen LogP contribution in [0.2, 0.25) is 10.0 Å². The Balaban J connectivity index is 2.33. The van der Waals surface area contributed by atoms with Crippen LogP contribution < -0.4 is 5.73 Å². The second-order valence-electron chi connectivity index (χ2n) is 4.85. The van der Waals surface area contributed by atoms with Crippen LogP contribution in [0.15, 0.2) is 18.2 Å². The Morgan fingerprint density at radius 2 is 2.00 bits per heavy atom. The van der Waals surface area contributed by atoms with Crippen molar-refractivity contribution >= 4 is 23.2 Å². The molecule has 1 aliphatic rings. The number of halogens is 2. The van der Waals surface area contributed by atoms with Crippen LogP contribution in [0.1, 0.15) is 44.2 Å². The summed E-state index contributed by atoms with van der Waals surface area (Å²) in [5.74, 6) is 0. The molecule has 1 aromatic rings. The number of ether oxygens (including phenoxy) is 1. The second-order valence-corrected chi connectivity index (χ2v) is 5.69. The van der Waals surface area contributed by atoms with Gasteiger partial charge in [-0.05, 0) is 43.5 Å². The lowest BCUT2D eigenvalue weighted by Crippen LogP contribution is -2.41. The first-order valence-electron chi connectivity index (χ1n) is 6.43. The molecule has 1 aliphatic carbocycles. The van der Waals surface area contributed by atoms with Crippen molar-refractivity contribution in [2.24, 2.45) is 5.73 Å². The Bertz CT molecular complexity index is 416. The molecule has 18 heavy (non-hydrogen) atoms. The highest BCUT2D eigenvalue weighted by molar-refractivity contribution is 6.33. The maximum absolute atomic E-state index is 6.42. The van der Waals surface area contributed by atoms with Crippen LogP contribution in [0.25, 0.3) is 0 Å². The van der Waals surface area contributed by atoms with Gasteiger partial charge in [0.25, 0.3) is 0 Å². The summed E-state index contributed by atoms with van der Waals surface area (Å²) in [6.07, 6.45) is 4.30. The summed E-state index contributed by atoms with van der Waals surface area (Å²) in [4.78, 5) is 0. The maximum Gasteiger partial charge on any atom is 0.0874 e. The molecule has 1 saturated carbocycles. The molecule has 1 unspecified atom stereocenters. The molecule has 0 saturated heterocycles. The maximum atomic E-state index is 6.42. The van der Waals surface area contributed by atoms with Crippen molar-refractivity contribution in [3.05, 3.63) is 33.8 Å². The first-order valence-corrected chi connectivity index (χ1v) is 7.19. The van der Waals surface area contributed by atoms with Crippen LogP contribution in [0, 0.1) is 0 Å². The molecule has 0 amide bonds. The number of nitrogens with two attached hydrogens (primary N) is 1. The molecule has 0 aliphatic heterocycles. The van der Waals surface area contributed by atoms with Crippen LogP contribution in [-0.2, 0) is 4.74 Å². The third-order valence-corrected chi connectivity index (χ3v) is 4.32. The van der Waals surface area contributed by atoms with Gasteiger partial charge in [0.2, 0.25) is 0 Å². The van der Waals surface area contributed by atoms with E-state index in [0.29, 0.717) is 16.7 Å². The first-order chi connectivity index (χ1) is 8.59. The molecule has 1 atom stereocenters. The van der Waals surface area contributed by atoms with Gasteiger partial charge in [-0.1, -0.05) is 36.0 Å². The van der Waals surface area contributed by atoms with E-state index in [0.717, 1.165) is 31.2 Å². The SMILES string of the molecule is CCOC1(C(N)c2cc(Cl)ccc2Cl)CCCC1. The van der Waals surface area contributed by atoms with Gasteiger partial charge in [0.1, 0.15) is 0 Å². The van der Waals surface area contributed by atoms with Crippen LogP contribution in [-0.4, -0.2) is 12.2 Å². The van der Waals surface area contributed by atoms with Crippen LogP contribution in [0.3, 0.4) is 0 Å². The zero-order valence-corrected chi connectivity index (χ0v) is 12.1. The van der Waals surface area contributed by atoms with Gasteiger partial charge in [-0.3, -0.25) is 0 Å². The summed E-state index contributed by atoms with van der Waals surface area (Å²) in [6.45, 7) is 2.68. The highest BCUT2D eigenvalue weighted by Gasteiger charge is 2.41. The minimum Gasteiger partial charge on any atom is -0.373 e. The van der Waals surface area contributed by atoms with Crippen molar-refractivity contribution in [1.82, 2.24) is 0 Å². The summed E-state index contributed by atoms with van der Waals surface area (Å²) >= 11 is 12.3. The van der Waals surface area contributed by atoms with E-state index in [1.165, 1.54) is 0 Å². The molecule has 100 valence electrons. The van der Waals surface area contributed by atoms with Crippen molar-refractivity contribution in [2.45, 2.75) is 44.2 Å². The topological polar surface area (TPSA) is 35.2 Å². The molecular formula is C14H19Cl2NO. The summed E-state index contributed by atoms with van der Waals surface area (Å²) in [5.41, 5.74) is 7.04. The fourth-order valence-corrected chi connectivity index (χ4v) is 3.26. The summed E-state index contributed by atoms with van der Waals surface area (Å²) in [6, 6.07) is 5.22. The van der Waals surface area contributed by atoms with Gasteiger partial charge in [-0.15, -0.1) is 0 Å². The van der Waals surface area contributed by atoms with Crippen LogP contribution >= 0.6 is 23.2 Å². The zero-order valence-electron chi connectivity index (χ0n) is 10.6. The Kier molecular flexibility index (Phi) is 4.54. The van der Waals surface area contributed by atoms with Gasteiger partial charge >= 0.3 is 0 Å². The van der Waals surface area contributed by atoms with Gasteiger partial charge in [0.05, 0.1) is 11.6 Å². The smallest absolute Gasteiger partial charge is 0.0874 e. The Labute approximate surface area is 118 Å². The Morgan fingerprint density at radius 3 is 2.61 bits per heavy atom. The zero-order chi connectivity index (χ0) is 13.2. The van der Waals surface area contributed by atoms with E-state index < -0.39 is 0 Å². The lowest BCUT2D eigenvalue weighted by Gasteiger charge is -2.35. The molecule has 0 bridgehead atoms. The van der Waals surface area contributed by atoms with Gasteiger partial charge in [-0.2, -0.15) is 0 Å². The van der Waals surface area contributed by atoms with Gasteiger partial charge in [0.15, 0.2) is 0 Å². The number of rotatable bonds is 4. The standard InChI is InChI=1S/C14H19Cl2NO/c1-2-18-14(7-3-4-8-14)13(17)11-9-10(15)5-6-12(11)16/h5-6,9,13H,2-4,7-8,17H2,1H3. The third kappa shape index (κ3) is 2.67. The monoisotopic (exact) mass is 287 g/mol. The molecule has 0 aromatic heterocycles. The number of hydrogen-bond donors (Lipinski definition) is 1. The van der Waals surface area contributed by atoms with E-state index in [9.17, 15) is 0 Å². The van der Waals surface area contributed by atoms with Gasteiger partial charge in [0, 0.05) is 16.7 Å². The normalized spacial score (nSPS) is 20.0. The molecule has 2 nitrogen and oxygen atoms in total. The average molecular weight is 288 g/mol. The van der Waals surface area contributed by atoms with Crippen molar-refractivity contribution in [3.63, 3.8) is 0 Å². The average Bonchev–Trinajstić information content (AvgIpc) is 2.82. The fourth-order valence-electron chi connectivity index (χ4n) is 2.84. The molecule has 2 N–H and O–H groups in total. The minimum absolute atomic E-state index is 0.217. The molecule has 0 heterocycles. The van der Waals surface area contributed by atoms with Gasteiger partial charge < -0.3 is 10.5 Å². The molecule has 0 spiro atoms. The van der Waals surface area contributed by atoms with Crippen molar-refractivity contribution < 1.29 is 4.74 Å². The highest BCUT2D eigenvalue weighted by atomic mass is 35.5. The lowest BCUT2D eigenvalue weighted by molar-refractivity contribution is -0.0536. The van der Waals surface area contributed by atoms with Crippen LogP contribution in [0.4, 0.5) is 0 Å². The Morgan fingerprint density at radius 1 is 1.33 bits per heavy atom. The van der Waals surface area contributed by atoms with Crippen molar-refractivity contribution in [3.8, 4) is 0 Å². The van der Waals surface area contributed by atoms with E-state index in [2.05, 4.69) is 0 Å². The summed E-state index contributed by atoms with van der Waals surface area (Å²) in [5, 5.41) is 1.33. The second kappa shape index (κ2) is 5.79. The summed E-state index contributed by atoms with van der Waals surface area (Å²) in [7, 11) is 0. The molecular weight excluding hydrogens is 269 g/mol. The van der Waals surface area contributed by atoms with Crippen LogP contribution in [0.5, 0.6) is 0 Å². The highest BCUT2D eigenvalue weighted by Crippen LogP contribution is 2.43.